The zero-order valence-electron chi connectivity index (χ0n) is 3.32. The maximum Gasteiger partial charge on any atom is 1.00 e. The predicted molar refractivity (Wildman–Crippen MR) is 21.7 cm³/mol. The van der Waals surface area contributed by atoms with Crippen LogP contribution in [0.1, 0.15) is 6.92 Å². The Balaban J connectivity index is 0. The first-order valence-electron chi connectivity index (χ1n) is 0.908. The number of hydrogen-bond acceptors (Lipinski definition) is 2. The SMILES string of the molecule is [BH3-]OC(C)=O.[K+]. The summed E-state index contributed by atoms with van der Waals surface area (Å²) in [5, 5.41) is 0. The van der Waals surface area contributed by atoms with Crippen LogP contribution in [0.15, 0.2) is 0 Å². The molecule has 0 bridgehead atoms. The average molecular weight is 112 g/mol. The topological polar surface area (TPSA) is 26.3 Å². The molecule has 0 saturated carbocycles. The number of rotatable bonds is 0. The molecule has 4 heteroatoms. The normalized spacial score (nSPS) is 5.67. The zero-order chi connectivity index (χ0) is 4.28. The molecule has 0 aliphatic heterocycles. The van der Waals surface area contributed by atoms with Crippen molar-refractivity contribution in [3.8, 4) is 0 Å². The fraction of sp³-hybridized carbons (Fsp3) is 0.500. The first kappa shape index (κ1) is 10.2. The van der Waals surface area contributed by atoms with Crippen molar-refractivity contribution in [2.75, 3.05) is 0 Å². The summed E-state index contributed by atoms with van der Waals surface area (Å²) in [5.41, 5.74) is 0. The van der Waals surface area contributed by atoms with E-state index >= 15 is 0 Å². The van der Waals surface area contributed by atoms with E-state index in [-0.39, 0.29) is 65.4 Å². The van der Waals surface area contributed by atoms with E-state index in [1.54, 1.807) is 0 Å². The van der Waals surface area contributed by atoms with Crippen LogP contribution in [0.3, 0.4) is 0 Å². The molecular formula is C2H6BKO2. The van der Waals surface area contributed by atoms with Gasteiger partial charge in [-0.25, -0.2) is 0 Å². The fourth-order valence-corrected chi connectivity index (χ4v) is 0. The van der Waals surface area contributed by atoms with E-state index < -0.39 is 0 Å². The zero-order valence-corrected chi connectivity index (χ0v) is 6.44. The minimum atomic E-state index is -0.137. The van der Waals surface area contributed by atoms with E-state index in [2.05, 4.69) is 4.65 Å². The van der Waals surface area contributed by atoms with Crippen LogP contribution in [-0.4, -0.2) is 14.0 Å². The monoisotopic (exact) mass is 112 g/mol. The fourth-order valence-electron chi connectivity index (χ4n) is 0. The second-order valence-corrected chi connectivity index (χ2v) is 0.492. The van der Waals surface area contributed by atoms with Gasteiger partial charge in [0.1, 0.15) is 8.05 Å². The Morgan fingerprint density at radius 3 is 2.00 bits per heavy atom. The molecule has 0 spiro atoms. The van der Waals surface area contributed by atoms with Crippen molar-refractivity contribution in [2.45, 2.75) is 6.92 Å². The first-order valence-corrected chi connectivity index (χ1v) is 0.908. The predicted octanol–water partition coefficient (Wildman–Crippen LogP) is -4.17. The number of carbonyl (C=O) groups is 1. The average Bonchev–Trinajstić information content (AvgIpc) is 1.38. The summed E-state index contributed by atoms with van der Waals surface area (Å²) >= 11 is 0. The second-order valence-electron chi connectivity index (χ2n) is 0.492. The van der Waals surface area contributed by atoms with Gasteiger partial charge in [-0.3, -0.25) is 4.79 Å². The molecule has 0 aromatic rings. The molecule has 0 N–H and O–H groups in total. The van der Waals surface area contributed by atoms with Crippen LogP contribution in [-0.2, 0) is 9.45 Å². The minimum Gasteiger partial charge on any atom is -0.697 e. The number of hydrogen-bond donors (Lipinski definition) is 0. The van der Waals surface area contributed by atoms with Gasteiger partial charge in [-0.05, 0) is 0 Å². The molecule has 0 rings (SSSR count). The van der Waals surface area contributed by atoms with Crippen LogP contribution in [0.2, 0.25) is 0 Å². The Bertz CT molecular complexity index is 46.8. The summed E-state index contributed by atoms with van der Waals surface area (Å²) in [7, 11) is -0.137. The van der Waals surface area contributed by atoms with E-state index in [0.29, 0.717) is 0 Å². The minimum absolute atomic E-state index is 0. The molecule has 0 unspecified atom stereocenters. The van der Waals surface area contributed by atoms with Gasteiger partial charge in [-0.2, -0.15) is 0 Å². The van der Waals surface area contributed by atoms with Crippen molar-refractivity contribution >= 4 is 14.0 Å². The Kier molecular flexibility index (Phi) is 10.5. The van der Waals surface area contributed by atoms with E-state index in [4.69, 9.17) is 0 Å². The van der Waals surface area contributed by atoms with Crippen LogP contribution in [0.4, 0.5) is 0 Å². The summed E-state index contributed by atoms with van der Waals surface area (Å²) in [6, 6.07) is 0. The number of carbonyl (C=O) groups excluding carboxylic acids is 1. The molecule has 0 atom stereocenters. The quantitative estimate of drug-likeness (QED) is 0.297. The van der Waals surface area contributed by atoms with Crippen LogP contribution in [0, 0.1) is 0 Å². The molecule has 0 aliphatic carbocycles. The smallest absolute Gasteiger partial charge is 0.697 e. The molecule has 6 heavy (non-hydrogen) atoms. The summed E-state index contributed by atoms with van der Waals surface area (Å²) < 4.78 is 4.36. The Morgan fingerprint density at radius 2 is 2.00 bits per heavy atom. The largest absolute Gasteiger partial charge is 1.00 e. The summed E-state index contributed by atoms with van der Waals surface area (Å²) in [6.45, 7) is 1.42. The van der Waals surface area contributed by atoms with Gasteiger partial charge in [-0.15, -0.1) is 0 Å². The summed E-state index contributed by atoms with van der Waals surface area (Å²) in [6.07, 6.45) is 0. The Morgan fingerprint density at radius 1 is 1.83 bits per heavy atom. The summed E-state index contributed by atoms with van der Waals surface area (Å²) in [4.78, 5) is 9.65. The van der Waals surface area contributed by atoms with E-state index in [0.717, 1.165) is 0 Å². The van der Waals surface area contributed by atoms with Crippen molar-refractivity contribution in [3.05, 3.63) is 0 Å². The van der Waals surface area contributed by atoms with Crippen molar-refractivity contribution in [1.29, 1.82) is 0 Å². The molecule has 0 aliphatic rings. The standard InChI is InChI=1S/C2H6BO2.K/c1-2(4)5-3;/h1,3H3;/q-1;+1. The Hall–Kier alpha value is 1.17. The Labute approximate surface area is 80.5 Å². The molecule has 0 aromatic heterocycles. The van der Waals surface area contributed by atoms with Crippen molar-refractivity contribution in [2.24, 2.45) is 0 Å². The van der Waals surface area contributed by atoms with Crippen molar-refractivity contribution in [1.82, 2.24) is 0 Å². The molecule has 2 nitrogen and oxygen atoms in total. The van der Waals surface area contributed by atoms with Gasteiger partial charge in [0.15, 0.2) is 0 Å². The van der Waals surface area contributed by atoms with Gasteiger partial charge in [0, 0.05) is 6.92 Å². The van der Waals surface area contributed by atoms with Gasteiger partial charge < -0.3 is 4.65 Å². The molecule has 0 aromatic carbocycles. The van der Waals surface area contributed by atoms with Crippen molar-refractivity contribution in [3.63, 3.8) is 0 Å². The third-order valence-corrected chi connectivity index (χ3v) is 0. The van der Waals surface area contributed by atoms with Crippen LogP contribution >= 0.6 is 0 Å². The maximum atomic E-state index is 9.65. The first-order chi connectivity index (χ1) is 2.27. The van der Waals surface area contributed by atoms with E-state index in [1.807, 2.05) is 0 Å². The van der Waals surface area contributed by atoms with Gasteiger partial charge in [0.2, 0.25) is 0 Å². The van der Waals surface area contributed by atoms with Crippen molar-refractivity contribution < 1.29 is 60.8 Å². The van der Waals surface area contributed by atoms with Gasteiger partial charge in [0.05, 0.1) is 0 Å². The second kappa shape index (κ2) is 6.17. The van der Waals surface area contributed by atoms with Gasteiger partial charge >= 0.3 is 51.4 Å². The van der Waals surface area contributed by atoms with E-state index in [1.165, 1.54) is 6.92 Å². The third kappa shape index (κ3) is 8.95. The molecule has 0 saturated heterocycles. The van der Waals surface area contributed by atoms with Crippen LogP contribution in [0.5, 0.6) is 0 Å². The van der Waals surface area contributed by atoms with Crippen LogP contribution in [0.25, 0.3) is 0 Å². The molecule has 0 heterocycles. The third-order valence-electron chi connectivity index (χ3n) is 0. The molecule has 0 radical (unpaired) electrons. The van der Waals surface area contributed by atoms with Crippen LogP contribution < -0.4 is 51.4 Å². The molecule has 0 fully saturated rings. The van der Waals surface area contributed by atoms with E-state index in [9.17, 15) is 4.79 Å². The maximum absolute atomic E-state index is 9.65. The molecule has 0 amide bonds. The molecular weight excluding hydrogens is 106 g/mol. The summed E-state index contributed by atoms with van der Waals surface area (Å²) in [5.74, 6) is -0.134. The van der Waals surface area contributed by atoms with Gasteiger partial charge in [0.25, 0.3) is 5.97 Å². The van der Waals surface area contributed by atoms with Gasteiger partial charge in [-0.1, -0.05) is 0 Å². The molecule has 30 valence electrons.